The van der Waals surface area contributed by atoms with E-state index < -0.39 is 0 Å². The molecule has 0 atom stereocenters. The van der Waals surface area contributed by atoms with Gasteiger partial charge >= 0.3 is 0 Å². The molecule has 1 aliphatic rings. The highest BCUT2D eigenvalue weighted by Gasteiger charge is 2.14. The first-order valence-electron chi connectivity index (χ1n) is 7.92. The van der Waals surface area contributed by atoms with Gasteiger partial charge in [0.2, 0.25) is 0 Å². The molecule has 0 amide bonds. The summed E-state index contributed by atoms with van der Waals surface area (Å²) in [6.45, 7) is 0. The third-order valence-electron chi connectivity index (χ3n) is 4.16. The molecule has 0 fully saturated rings. The zero-order chi connectivity index (χ0) is 16.4. The molecule has 0 aromatic heterocycles. The maximum absolute atomic E-state index is 3.72. The Morgan fingerprint density at radius 1 is 0.625 bits per heavy atom. The Balaban J connectivity index is 2.04. The van der Waals surface area contributed by atoms with Crippen LogP contribution in [-0.4, -0.2) is 0 Å². The van der Waals surface area contributed by atoms with Gasteiger partial charge in [-0.05, 0) is 43.7 Å². The van der Waals surface area contributed by atoms with Crippen molar-refractivity contribution in [3.8, 4) is 0 Å². The molecule has 0 aliphatic heterocycles. The maximum atomic E-state index is 3.72. The van der Waals surface area contributed by atoms with Gasteiger partial charge in [-0.25, -0.2) is 0 Å². The Kier molecular flexibility index (Phi) is 4.04. The van der Waals surface area contributed by atoms with E-state index >= 15 is 0 Å². The summed E-state index contributed by atoms with van der Waals surface area (Å²) in [5, 5.41) is 0. The van der Waals surface area contributed by atoms with E-state index in [1.807, 2.05) is 18.2 Å². The van der Waals surface area contributed by atoms with E-state index in [4.69, 9.17) is 0 Å². The van der Waals surface area contributed by atoms with Gasteiger partial charge in [0, 0.05) is 5.57 Å². The Bertz CT molecular complexity index is 936. The molecule has 0 saturated heterocycles. The van der Waals surface area contributed by atoms with E-state index in [1.165, 1.54) is 22.3 Å². The fourth-order valence-corrected chi connectivity index (χ4v) is 3.43. The van der Waals surface area contributed by atoms with E-state index in [0.29, 0.717) is 0 Å². The molecule has 0 spiro atoms. The van der Waals surface area contributed by atoms with Gasteiger partial charge in [-0.2, -0.15) is 0 Å². The molecule has 3 aromatic rings. The van der Waals surface area contributed by atoms with Crippen LogP contribution in [0.4, 0.5) is 0 Å². The first-order chi connectivity index (χ1) is 11.8. The van der Waals surface area contributed by atoms with E-state index in [-0.39, 0.29) is 0 Å². The van der Waals surface area contributed by atoms with Crippen LogP contribution in [0.3, 0.4) is 0 Å². The fraction of sp³-hybridized carbons (Fsp3) is 0. The Hall–Kier alpha value is -2.60. The lowest BCUT2D eigenvalue weighted by molar-refractivity contribution is 1.53. The molecule has 1 heteroatoms. The second-order valence-corrected chi connectivity index (χ2v) is 6.48. The van der Waals surface area contributed by atoms with Crippen molar-refractivity contribution in [2.75, 3.05) is 0 Å². The molecular weight excluding hydrogens is 356 g/mol. The molecule has 3 aromatic carbocycles. The molecule has 24 heavy (non-hydrogen) atoms. The van der Waals surface area contributed by atoms with Crippen molar-refractivity contribution in [2.24, 2.45) is 0 Å². The number of fused-ring (bicyclic) bond motifs is 2. The van der Waals surface area contributed by atoms with Crippen LogP contribution in [0.2, 0.25) is 0 Å². The minimum atomic E-state index is 0.963. The summed E-state index contributed by atoms with van der Waals surface area (Å²) in [7, 11) is 0. The van der Waals surface area contributed by atoms with Gasteiger partial charge in [0.25, 0.3) is 0 Å². The van der Waals surface area contributed by atoms with Crippen molar-refractivity contribution in [3.05, 3.63) is 112 Å². The molecule has 0 bridgehead atoms. The highest BCUT2D eigenvalue weighted by molar-refractivity contribution is 9.15. The van der Waals surface area contributed by atoms with E-state index in [2.05, 4.69) is 94.5 Å². The monoisotopic (exact) mass is 370 g/mol. The normalized spacial score (nSPS) is 12.0. The summed E-state index contributed by atoms with van der Waals surface area (Å²) in [5.41, 5.74) is 10.7. The van der Waals surface area contributed by atoms with E-state index in [0.717, 1.165) is 15.6 Å². The van der Waals surface area contributed by atoms with Crippen LogP contribution < -0.4 is 0 Å². The smallest absolute Gasteiger partial charge is 0.0672 e. The topological polar surface area (TPSA) is 0 Å². The minimum Gasteiger partial charge on any atom is -0.0954 e. The average molecular weight is 371 g/mol. The lowest BCUT2D eigenvalue weighted by Crippen LogP contribution is -1.91. The van der Waals surface area contributed by atoms with Crippen molar-refractivity contribution >= 4 is 38.1 Å². The Labute approximate surface area is 150 Å². The molecule has 0 heterocycles. The molecule has 0 saturated carbocycles. The summed E-state index contributed by atoms with van der Waals surface area (Å²) in [6, 6.07) is 27.2. The summed E-state index contributed by atoms with van der Waals surface area (Å²) in [5.74, 6) is 0. The van der Waals surface area contributed by atoms with Crippen LogP contribution in [0.15, 0.2) is 84.6 Å². The number of rotatable bonds is 1. The number of benzene rings is 3. The van der Waals surface area contributed by atoms with E-state index in [9.17, 15) is 0 Å². The van der Waals surface area contributed by atoms with Gasteiger partial charge in [0.05, 0.1) is 4.48 Å². The van der Waals surface area contributed by atoms with Crippen LogP contribution in [0, 0.1) is 0 Å². The van der Waals surface area contributed by atoms with Crippen molar-refractivity contribution in [3.63, 3.8) is 0 Å². The quantitative estimate of drug-likeness (QED) is 0.329. The molecule has 1 aliphatic carbocycles. The van der Waals surface area contributed by atoms with Gasteiger partial charge in [0.15, 0.2) is 0 Å². The molecule has 0 unspecified atom stereocenters. The van der Waals surface area contributed by atoms with Crippen molar-refractivity contribution in [2.45, 2.75) is 0 Å². The summed E-state index contributed by atoms with van der Waals surface area (Å²) in [4.78, 5) is 0. The van der Waals surface area contributed by atoms with Gasteiger partial charge in [-0.15, -0.1) is 0 Å². The van der Waals surface area contributed by atoms with Gasteiger partial charge in [-0.1, -0.05) is 96.7 Å². The first-order valence-corrected chi connectivity index (χ1v) is 8.71. The van der Waals surface area contributed by atoms with Crippen molar-refractivity contribution in [1.82, 2.24) is 0 Å². The van der Waals surface area contributed by atoms with Crippen LogP contribution >= 0.6 is 15.9 Å². The molecular formula is C23H15Br. The molecule has 0 nitrogen and oxygen atoms in total. The second kappa shape index (κ2) is 6.49. The highest BCUT2D eigenvalue weighted by atomic mass is 79.9. The van der Waals surface area contributed by atoms with Crippen molar-refractivity contribution < 1.29 is 0 Å². The fourth-order valence-electron chi connectivity index (χ4n) is 2.97. The molecule has 4 rings (SSSR count). The first kappa shape index (κ1) is 15.0. The maximum Gasteiger partial charge on any atom is 0.0672 e. The molecule has 0 radical (unpaired) electrons. The van der Waals surface area contributed by atoms with Crippen LogP contribution in [0.1, 0.15) is 27.8 Å². The predicted octanol–water partition coefficient (Wildman–Crippen LogP) is 6.64. The number of hydrogen-bond acceptors (Lipinski definition) is 0. The summed E-state index contributed by atoms with van der Waals surface area (Å²) >= 11 is 3.72. The van der Waals surface area contributed by atoms with Crippen LogP contribution in [0.25, 0.3) is 22.2 Å². The van der Waals surface area contributed by atoms with Crippen LogP contribution in [-0.2, 0) is 0 Å². The largest absolute Gasteiger partial charge is 0.0954 e. The van der Waals surface area contributed by atoms with Gasteiger partial charge < -0.3 is 0 Å². The van der Waals surface area contributed by atoms with E-state index in [1.54, 1.807) is 0 Å². The average Bonchev–Trinajstić information content (AvgIpc) is 2.80. The van der Waals surface area contributed by atoms with Crippen molar-refractivity contribution in [1.29, 1.82) is 0 Å². The number of halogens is 1. The SMILES string of the molecule is BrC(=C=C1c2ccccc2C=Cc2ccccc21)c1ccccc1. The lowest BCUT2D eigenvalue weighted by Gasteiger charge is -2.09. The van der Waals surface area contributed by atoms with Crippen LogP contribution in [0.5, 0.6) is 0 Å². The Morgan fingerprint density at radius 2 is 1.12 bits per heavy atom. The minimum absolute atomic E-state index is 0.963. The number of hydrogen-bond donors (Lipinski definition) is 0. The van der Waals surface area contributed by atoms with Gasteiger partial charge in [0.1, 0.15) is 0 Å². The zero-order valence-electron chi connectivity index (χ0n) is 13.0. The summed E-state index contributed by atoms with van der Waals surface area (Å²) in [6.07, 6.45) is 4.36. The van der Waals surface area contributed by atoms with Gasteiger partial charge in [-0.3, -0.25) is 0 Å². The standard InChI is InChI=1S/C23H15Br/c24-23(19-10-2-1-3-11-19)16-22-20-12-6-4-8-17(20)14-15-18-9-5-7-13-21(18)22/h1-15H. The third-order valence-corrected chi connectivity index (χ3v) is 4.82. The lowest BCUT2D eigenvalue weighted by atomic mass is 9.94. The highest BCUT2D eigenvalue weighted by Crippen LogP contribution is 2.34. The molecule has 0 N–H and O–H groups in total. The summed E-state index contributed by atoms with van der Waals surface area (Å²) < 4.78 is 0.963. The second-order valence-electron chi connectivity index (χ2n) is 5.69. The predicted molar refractivity (Wildman–Crippen MR) is 107 cm³/mol. The zero-order valence-corrected chi connectivity index (χ0v) is 14.6. The third kappa shape index (κ3) is 2.80. The Morgan fingerprint density at radius 3 is 1.71 bits per heavy atom. The molecule has 114 valence electrons.